The van der Waals surface area contributed by atoms with Gasteiger partial charge in [0.05, 0.1) is 29.8 Å². The quantitative estimate of drug-likeness (QED) is 0.193. The Kier molecular flexibility index (Phi) is 6.88. The van der Waals surface area contributed by atoms with Gasteiger partial charge in [0.15, 0.2) is 11.5 Å². The van der Waals surface area contributed by atoms with Gasteiger partial charge in [-0.2, -0.15) is 9.78 Å². The number of rotatable bonds is 6. The Balaban J connectivity index is 1.64. The zero-order valence-electron chi connectivity index (χ0n) is 18.9. The highest BCUT2D eigenvalue weighted by Crippen LogP contribution is 2.28. The average Bonchev–Trinajstić information content (AvgIpc) is 2.84. The van der Waals surface area contributed by atoms with Gasteiger partial charge in [-0.1, -0.05) is 41.9 Å². The van der Waals surface area contributed by atoms with E-state index in [2.05, 4.69) is 26.0 Å². The van der Waals surface area contributed by atoms with E-state index in [-0.39, 0.29) is 17.2 Å². The molecule has 1 aromatic heterocycles. The number of halogens is 1. The molecule has 0 aliphatic carbocycles. The number of carbonyl (C=O) groups excluding carboxylic acids is 1. The highest BCUT2D eigenvalue weighted by atomic mass is 79.9. The lowest BCUT2D eigenvalue weighted by Crippen LogP contribution is -2.23. The first-order chi connectivity index (χ1) is 16.4. The van der Waals surface area contributed by atoms with E-state index in [9.17, 15) is 9.59 Å². The van der Waals surface area contributed by atoms with E-state index in [0.29, 0.717) is 33.6 Å². The Labute approximate surface area is 204 Å². The molecule has 0 fully saturated rings. The Bertz CT molecular complexity index is 1440. The monoisotopic (exact) mass is 519 g/mol. The molecule has 4 rings (SSSR count). The van der Waals surface area contributed by atoms with Crippen molar-refractivity contribution in [2.45, 2.75) is 19.8 Å². The van der Waals surface area contributed by atoms with Crippen LogP contribution in [-0.2, 0) is 0 Å². The minimum absolute atomic E-state index is 0.00982. The highest BCUT2D eigenvalue weighted by Gasteiger charge is 2.15. The van der Waals surface area contributed by atoms with E-state index in [1.807, 2.05) is 26.0 Å². The summed E-state index contributed by atoms with van der Waals surface area (Å²) in [5.74, 6) is 0.696. The van der Waals surface area contributed by atoms with Gasteiger partial charge < -0.3 is 9.47 Å². The molecular formula is C26H22BrN3O4. The fourth-order valence-corrected chi connectivity index (χ4v) is 3.61. The molecular weight excluding hydrogens is 498 g/mol. The Hall–Kier alpha value is -3.78. The second-order valence-corrected chi connectivity index (χ2v) is 8.73. The fourth-order valence-electron chi connectivity index (χ4n) is 3.34. The van der Waals surface area contributed by atoms with Gasteiger partial charge in [0.2, 0.25) is 0 Å². The average molecular weight is 520 g/mol. The molecule has 1 heterocycles. The molecule has 0 saturated carbocycles. The summed E-state index contributed by atoms with van der Waals surface area (Å²) < 4.78 is 13.1. The third kappa shape index (κ3) is 4.92. The van der Waals surface area contributed by atoms with Crippen molar-refractivity contribution in [1.29, 1.82) is 0 Å². The SMILES string of the molecule is COc1cc(C=Nn2c(C(C)C)nc3ccccc3c2=O)ccc1OC(=O)c1ccc(Br)cc1. The van der Waals surface area contributed by atoms with Crippen molar-refractivity contribution < 1.29 is 14.3 Å². The van der Waals surface area contributed by atoms with Gasteiger partial charge in [-0.05, 0) is 60.2 Å². The molecule has 0 radical (unpaired) electrons. The molecule has 7 nitrogen and oxygen atoms in total. The summed E-state index contributed by atoms with van der Waals surface area (Å²) in [5.41, 5.74) is 1.48. The van der Waals surface area contributed by atoms with Gasteiger partial charge in [0.1, 0.15) is 5.82 Å². The number of fused-ring (bicyclic) bond motifs is 1. The van der Waals surface area contributed by atoms with E-state index in [0.717, 1.165) is 4.47 Å². The molecule has 0 amide bonds. The predicted molar refractivity (Wildman–Crippen MR) is 135 cm³/mol. The second kappa shape index (κ2) is 10.0. The minimum atomic E-state index is -0.498. The topological polar surface area (TPSA) is 82.8 Å². The van der Waals surface area contributed by atoms with Gasteiger partial charge >= 0.3 is 5.97 Å². The van der Waals surface area contributed by atoms with Gasteiger partial charge in [-0.25, -0.2) is 9.78 Å². The maximum Gasteiger partial charge on any atom is 0.343 e. The number of benzene rings is 3. The molecule has 172 valence electrons. The number of para-hydroxylation sites is 1. The summed E-state index contributed by atoms with van der Waals surface area (Å²) in [5, 5.41) is 4.92. The van der Waals surface area contributed by atoms with Crippen molar-refractivity contribution >= 4 is 39.0 Å². The van der Waals surface area contributed by atoms with Crippen LogP contribution in [0.4, 0.5) is 0 Å². The van der Waals surface area contributed by atoms with E-state index >= 15 is 0 Å². The molecule has 34 heavy (non-hydrogen) atoms. The van der Waals surface area contributed by atoms with Crippen molar-refractivity contribution in [3.05, 3.63) is 98.5 Å². The molecule has 0 aliphatic heterocycles. The highest BCUT2D eigenvalue weighted by molar-refractivity contribution is 9.10. The van der Waals surface area contributed by atoms with Crippen molar-refractivity contribution in [3.8, 4) is 11.5 Å². The third-order valence-electron chi connectivity index (χ3n) is 5.09. The molecule has 0 spiro atoms. The molecule has 3 aromatic carbocycles. The first kappa shape index (κ1) is 23.4. The van der Waals surface area contributed by atoms with Gasteiger partial charge in [0, 0.05) is 10.4 Å². The standard InChI is InChI=1S/C26H22BrN3O4/c1-16(2)24-29-21-7-5-4-6-20(21)25(31)30(24)28-15-17-8-13-22(23(14-17)33-3)34-26(32)18-9-11-19(27)12-10-18/h4-16H,1-3H3. The van der Waals surface area contributed by atoms with Crippen LogP contribution in [-0.4, -0.2) is 29.0 Å². The van der Waals surface area contributed by atoms with E-state index in [1.54, 1.807) is 60.8 Å². The number of nitrogens with zero attached hydrogens (tertiary/aromatic N) is 3. The van der Waals surface area contributed by atoms with Gasteiger partial charge in [-0.3, -0.25) is 4.79 Å². The largest absolute Gasteiger partial charge is 0.493 e. The molecule has 0 saturated heterocycles. The summed E-state index contributed by atoms with van der Waals surface area (Å²) in [7, 11) is 1.49. The number of esters is 1. The first-order valence-corrected chi connectivity index (χ1v) is 11.4. The molecule has 0 N–H and O–H groups in total. The summed E-state index contributed by atoms with van der Waals surface area (Å²) in [6.07, 6.45) is 1.55. The fraction of sp³-hybridized carbons (Fsp3) is 0.154. The molecule has 0 unspecified atom stereocenters. The summed E-state index contributed by atoms with van der Waals surface area (Å²) in [6, 6.07) is 19.1. The van der Waals surface area contributed by atoms with Gasteiger partial charge in [-0.15, -0.1) is 0 Å². The van der Waals surface area contributed by atoms with Crippen LogP contribution in [0.3, 0.4) is 0 Å². The van der Waals surface area contributed by atoms with Gasteiger partial charge in [0.25, 0.3) is 5.56 Å². The van der Waals surface area contributed by atoms with Crippen molar-refractivity contribution in [2.24, 2.45) is 5.10 Å². The van der Waals surface area contributed by atoms with Crippen molar-refractivity contribution in [3.63, 3.8) is 0 Å². The zero-order valence-corrected chi connectivity index (χ0v) is 20.4. The van der Waals surface area contributed by atoms with Crippen LogP contribution in [0.15, 0.2) is 81.1 Å². The van der Waals surface area contributed by atoms with E-state index in [1.165, 1.54) is 11.8 Å². The first-order valence-electron chi connectivity index (χ1n) is 10.6. The lowest BCUT2D eigenvalue weighted by Gasteiger charge is -2.12. The normalized spacial score (nSPS) is 11.3. The van der Waals surface area contributed by atoms with Crippen molar-refractivity contribution in [1.82, 2.24) is 9.66 Å². The van der Waals surface area contributed by atoms with Crippen LogP contribution in [0.5, 0.6) is 11.5 Å². The molecule has 8 heteroatoms. The number of hydrogen-bond donors (Lipinski definition) is 0. The van der Waals surface area contributed by atoms with Crippen LogP contribution in [0, 0.1) is 0 Å². The summed E-state index contributed by atoms with van der Waals surface area (Å²) in [4.78, 5) is 30.2. The third-order valence-corrected chi connectivity index (χ3v) is 5.62. The number of hydrogen-bond acceptors (Lipinski definition) is 6. The predicted octanol–water partition coefficient (Wildman–Crippen LogP) is 5.39. The number of methoxy groups -OCH3 is 1. The lowest BCUT2D eigenvalue weighted by atomic mass is 10.2. The van der Waals surface area contributed by atoms with E-state index < -0.39 is 5.97 Å². The van der Waals surface area contributed by atoms with Crippen LogP contribution in [0.2, 0.25) is 0 Å². The molecule has 4 aromatic rings. The smallest absolute Gasteiger partial charge is 0.343 e. The second-order valence-electron chi connectivity index (χ2n) is 7.81. The Morgan fingerprint density at radius 1 is 1.06 bits per heavy atom. The van der Waals surface area contributed by atoms with Crippen LogP contribution in [0.1, 0.15) is 41.5 Å². The summed E-state index contributed by atoms with van der Waals surface area (Å²) in [6.45, 7) is 3.92. The van der Waals surface area contributed by atoms with Crippen molar-refractivity contribution in [2.75, 3.05) is 7.11 Å². The molecule has 0 aliphatic rings. The molecule has 0 bridgehead atoms. The number of carbonyl (C=O) groups is 1. The maximum atomic E-state index is 13.1. The number of aromatic nitrogens is 2. The summed E-state index contributed by atoms with van der Waals surface area (Å²) >= 11 is 3.34. The zero-order chi connectivity index (χ0) is 24.2. The van der Waals surface area contributed by atoms with Crippen LogP contribution < -0.4 is 15.0 Å². The lowest BCUT2D eigenvalue weighted by molar-refractivity contribution is 0.0729. The number of ether oxygens (including phenoxy) is 2. The van der Waals surface area contributed by atoms with E-state index in [4.69, 9.17) is 9.47 Å². The Morgan fingerprint density at radius 3 is 2.50 bits per heavy atom. The van der Waals surface area contributed by atoms with Crippen LogP contribution >= 0.6 is 15.9 Å². The van der Waals surface area contributed by atoms with Crippen LogP contribution in [0.25, 0.3) is 10.9 Å². The maximum absolute atomic E-state index is 13.1. The molecule has 0 atom stereocenters. The Morgan fingerprint density at radius 2 is 1.79 bits per heavy atom. The minimum Gasteiger partial charge on any atom is -0.493 e.